The van der Waals surface area contributed by atoms with Crippen molar-refractivity contribution in [1.82, 2.24) is 0 Å². The molecule has 1 aromatic rings. The Balaban J connectivity index is 2.19. The number of benzene rings is 1. The molecule has 2 unspecified atom stereocenters. The molecule has 0 spiro atoms. The number of nitrogens with two attached hydrogens (primary N) is 1. The van der Waals surface area contributed by atoms with E-state index >= 15 is 0 Å². The smallest absolute Gasteiger partial charge is 0.122 e. The highest BCUT2D eigenvalue weighted by Gasteiger charge is 2.37. The molecule has 0 amide bonds. The minimum Gasteiger partial charge on any atom is -0.489 e. The van der Waals surface area contributed by atoms with E-state index in [1.165, 1.54) is 24.0 Å². The summed E-state index contributed by atoms with van der Waals surface area (Å²) < 4.78 is 6.30. The van der Waals surface area contributed by atoms with E-state index < -0.39 is 0 Å². The molecule has 0 heterocycles. The minimum absolute atomic E-state index is 0.110. The van der Waals surface area contributed by atoms with Gasteiger partial charge in [0.15, 0.2) is 0 Å². The molecule has 2 rings (SSSR count). The fraction of sp³-hybridized carbons (Fsp3) is 0.667. The first-order chi connectivity index (χ1) is 9.31. The van der Waals surface area contributed by atoms with Crippen molar-refractivity contribution >= 4 is 0 Å². The monoisotopic (exact) mass is 275 g/mol. The van der Waals surface area contributed by atoms with Gasteiger partial charge in [-0.1, -0.05) is 39.8 Å². The van der Waals surface area contributed by atoms with Gasteiger partial charge >= 0.3 is 0 Å². The molecule has 112 valence electrons. The first kappa shape index (κ1) is 15.4. The van der Waals surface area contributed by atoms with Crippen LogP contribution in [0.15, 0.2) is 18.2 Å². The van der Waals surface area contributed by atoms with Gasteiger partial charge in [-0.15, -0.1) is 0 Å². The van der Waals surface area contributed by atoms with Gasteiger partial charge in [0.05, 0.1) is 0 Å². The van der Waals surface area contributed by atoms with E-state index in [9.17, 15) is 0 Å². The Labute approximate surface area is 123 Å². The van der Waals surface area contributed by atoms with Crippen LogP contribution < -0.4 is 10.5 Å². The van der Waals surface area contributed by atoms with E-state index in [2.05, 4.69) is 52.8 Å². The minimum atomic E-state index is 0.110. The molecule has 0 radical (unpaired) electrons. The molecular weight excluding hydrogens is 246 g/mol. The fourth-order valence-electron chi connectivity index (χ4n) is 3.01. The van der Waals surface area contributed by atoms with E-state index in [4.69, 9.17) is 10.5 Å². The van der Waals surface area contributed by atoms with Crippen LogP contribution in [-0.2, 0) is 0 Å². The van der Waals surface area contributed by atoms with Gasteiger partial charge in [-0.2, -0.15) is 0 Å². The van der Waals surface area contributed by atoms with Crippen molar-refractivity contribution in [3.8, 4) is 5.75 Å². The second-order valence-corrected chi connectivity index (χ2v) is 7.24. The lowest BCUT2D eigenvalue weighted by Gasteiger charge is -2.41. The van der Waals surface area contributed by atoms with E-state index in [0.29, 0.717) is 5.92 Å². The number of aryl methyl sites for hydroxylation is 1. The van der Waals surface area contributed by atoms with Crippen molar-refractivity contribution in [1.29, 1.82) is 0 Å². The van der Waals surface area contributed by atoms with Crippen LogP contribution in [0.1, 0.15) is 64.0 Å². The van der Waals surface area contributed by atoms with E-state index in [0.717, 1.165) is 12.2 Å². The number of rotatable bonds is 3. The Bertz CT molecular complexity index is 464. The normalized spacial score (nSPS) is 25.8. The molecule has 2 nitrogen and oxygen atoms in total. The maximum atomic E-state index is 6.43. The van der Waals surface area contributed by atoms with Crippen LogP contribution >= 0.6 is 0 Å². The van der Waals surface area contributed by atoms with Crippen LogP contribution in [0.3, 0.4) is 0 Å². The summed E-state index contributed by atoms with van der Waals surface area (Å²) in [6.45, 7) is 11.0. The zero-order chi connectivity index (χ0) is 14.9. The molecule has 0 bridgehead atoms. The molecular formula is C18H29NO. The SMILES string of the molecule is Cc1ccc(C(C)C)cc1OC1CCCC(C)(C)C1N. The summed E-state index contributed by atoms with van der Waals surface area (Å²) in [5, 5.41) is 0. The number of hydrogen-bond donors (Lipinski definition) is 1. The van der Waals surface area contributed by atoms with Crippen molar-refractivity contribution in [2.24, 2.45) is 11.1 Å². The van der Waals surface area contributed by atoms with Crippen LogP contribution in [0.25, 0.3) is 0 Å². The molecule has 2 N–H and O–H groups in total. The third kappa shape index (κ3) is 3.17. The molecule has 2 atom stereocenters. The molecule has 0 aromatic heterocycles. The maximum Gasteiger partial charge on any atom is 0.122 e. The van der Waals surface area contributed by atoms with Crippen LogP contribution in [0.4, 0.5) is 0 Å². The molecule has 20 heavy (non-hydrogen) atoms. The summed E-state index contributed by atoms with van der Waals surface area (Å²) in [5.41, 5.74) is 9.13. The van der Waals surface area contributed by atoms with Crippen LogP contribution in [0.2, 0.25) is 0 Å². The average molecular weight is 275 g/mol. The van der Waals surface area contributed by atoms with E-state index in [1.54, 1.807) is 0 Å². The van der Waals surface area contributed by atoms with Gasteiger partial charge in [0.2, 0.25) is 0 Å². The second kappa shape index (κ2) is 5.77. The van der Waals surface area contributed by atoms with Crippen molar-refractivity contribution in [3.63, 3.8) is 0 Å². The molecule has 1 aromatic carbocycles. The lowest BCUT2D eigenvalue weighted by molar-refractivity contribution is 0.0562. The molecule has 2 heteroatoms. The van der Waals surface area contributed by atoms with Crippen LogP contribution in [-0.4, -0.2) is 12.1 Å². The fourth-order valence-corrected chi connectivity index (χ4v) is 3.01. The Kier molecular flexibility index (Phi) is 4.43. The van der Waals surface area contributed by atoms with Crippen LogP contribution in [0.5, 0.6) is 5.75 Å². The Morgan fingerprint density at radius 3 is 2.65 bits per heavy atom. The van der Waals surface area contributed by atoms with Gasteiger partial charge in [0.25, 0.3) is 0 Å². The van der Waals surface area contributed by atoms with Gasteiger partial charge in [-0.25, -0.2) is 0 Å². The van der Waals surface area contributed by atoms with Crippen molar-refractivity contribution in [3.05, 3.63) is 29.3 Å². The number of ether oxygens (including phenoxy) is 1. The lowest BCUT2D eigenvalue weighted by atomic mass is 9.72. The van der Waals surface area contributed by atoms with Crippen molar-refractivity contribution < 1.29 is 4.74 Å². The van der Waals surface area contributed by atoms with Gasteiger partial charge in [0.1, 0.15) is 11.9 Å². The van der Waals surface area contributed by atoms with Crippen molar-refractivity contribution in [2.45, 2.75) is 71.9 Å². The topological polar surface area (TPSA) is 35.2 Å². The number of hydrogen-bond acceptors (Lipinski definition) is 2. The van der Waals surface area contributed by atoms with Gasteiger partial charge in [-0.05, 0) is 54.7 Å². The van der Waals surface area contributed by atoms with Gasteiger partial charge < -0.3 is 10.5 Å². The first-order valence-corrected chi connectivity index (χ1v) is 7.84. The van der Waals surface area contributed by atoms with Crippen LogP contribution in [0, 0.1) is 12.3 Å². The summed E-state index contributed by atoms with van der Waals surface area (Å²) in [5.74, 6) is 1.53. The lowest BCUT2D eigenvalue weighted by Crippen LogP contribution is -2.52. The summed E-state index contributed by atoms with van der Waals surface area (Å²) in [6.07, 6.45) is 3.60. The molecule has 1 aliphatic rings. The molecule has 0 aliphatic heterocycles. The molecule has 1 saturated carbocycles. The molecule has 0 saturated heterocycles. The predicted octanol–water partition coefficient (Wildman–Crippen LogP) is 4.40. The average Bonchev–Trinajstić information content (AvgIpc) is 2.37. The molecule has 1 aliphatic carbocycles. The summed E-state index contributed by atoms with van der Waals surface area (Å²) in [6, 6.07) is 6.65. The third-order valence-corrected chi connectivity index (χ3v) is 4.77. The summed E-state index contributed by atoms with van der Waals surface area (Å²) >= 11 is 0. The largest absolute Gasteiger partial charge is 0.489 e. The Hall–Kier alpha value is -1.02. The highest BCUT2D eigenvalue weighted by Crippen LogP contribution is 2.37. The standard InChI is InChI=1S/C18H29NO/c1-12(2)14-9-8-13(3)16(11-14)20-15-7-6-10-18(4,5)17(15)19/h8-9,11-12,15,17H,6-7,10,19H2,1-5H3. The Morgan fingerprint density at radius 2 is 2.00 bits per heavy atom. The summed E-state index contributed by atoms with van der Waals surface area (Å²) in [7, 11) is 0. The predicted molar refractivity (Wildman–Crippen MR) is 85.3 cm³/mol. The van der Waals surface area contributed by atoms with Gasteiger partial charge in [-0.3, -0.25) is 0 Å². The summed E-state index contributed by atoms with van der Waals surface area (Å²) in [4.78, 5) is 0. The zero-order valence-corrected chi connectivity index (χ0v) is 13.6. The van der Waals surface area contributed by atoms with E-state index in [-0.39, 0.29) is 17.6 Å². The highest BCUT2D eigenvalue weighted by atomic mass is 16.5. The quantitative estimate of drug-likeness (QED) is 0.887. The zero-order valence-electron chi connectivity index (χ0n) is 13.6. The van der Waals surface area contributed by atoms with Gasteiger partial charge in [0, 0.05) is 6.04 Å². The second-order valence-electron chi connectivity index (χ2n) is 7.24. The van der Waals surface area contributed by atoms with E-state index in [1.807, 2.05) is 0 Å². The Morgan fingerprint density at radius 1 is 1.30 bits per heavy atom. The molecule has 1 fully saturated rings. The first-order valence-electron chi connectivity index (χ1n) is 7.84. The van der Waals surface area contributed by atoms with Crippen molar-refractivity contribution in [2.75, 3.05) is 0 Å². The maximum absolute atomic E-state index is 6.43. The highest BCUT2D eigenvalue weighted by molar-refractivity contribution is 5.38. The third-order valence-electron chi connectivity index (χ3n) is 4.77.